The number of halogens is 1. The molecular formula is C19H13BrN2O4. The average Bonchev–Trinajstić information content (AvgIpc) is 3.12. The molecule has 1 aromatic heterocycles. The van der Waals surface area contributed by atoms with Crippen molar-refractivity contribution in [3.8, 4) is 17.6 Å². The summed E-state index contributed by atoms with van der Waals surface area (Å²) in [6.45, 7) is 0.142. The molecule has 7 heteroatoms. The lowest BCUT2D eigenvalue weighted by atomic mass is 10.2. The molecule has 26 heavy (non-hydrogen) atoms. The monoisotopic (exact) mass is 412 g/mol. The number of phenolic OH excluding ortho intramolecular Hbond substituents is 1. The third-order valence-corrected chi connectivity index (χ3v) is 3.95. The third-order valence-electron chi connectivity index (χ3n) is 3.46. The van der Waals surface area contributed by atoms with Gasteiger partial charge < -0.3 is 19.6 Å². The van der Waals surface area contributed by atoms with Gasteiger partial charge in [-0.05, 0) is 54.6 Å². The Morgan fingerprint density at radius 2 is 1.96 bits per heavy atom. The number of furan rings is 1. The van der Waals surface area contributed by atoms with Gasteiger partial charge in [-0.3, -0.25) is 4.79 Å². The molecule has 3 rings (SSSR count). The quantitative estimate of drug-likeness (QED) is 0.603. The maximum absolute atomic E-state index is 12.2. The van der Waals surface area contributed by atoms with Crippen LogP contribution in [0.5, 0.6) is 11.5 Å². The van der Waals surface area contributed by atoms with Gasteiger partial charge in [-0.2, -0.15) is 5.26 Å². The maximum Gasteiger partial charge on any atom is 0.291 e. The zero-order chi connectivity index (χ0) is 18.5. The fourth-order valence-electron chi connectivity index (χ4n) is 2.15. The van der Waals surface area contributed by atoms with Crippen molar-refractivity contribution in [2.75, 3.05) is 5.32 Å². The van der Waals surface area contributed by atoms with E-state index in [9.17, 15) is 9.90 Å². The van der Waals surface area contributed by atoms with E-state index < -0.39 is 5.91 Å². The van der Waals surface area contributed by atoms with Crippen molar-refractivity contribution < 1.29 is 19.1 Å². The van der Waals surface area contributed by atoms with Crippen LogP contribution in [0.15, 0.2) is 63.5 Å². The Morgan fingerprint density at radius 1 is 1.19 bits per heavy atom. The van der Waals surface area contributed by atoms with Gasteiger partial charge in [0.25, 0.3) is 5.91 Å². The maximum atomic E-state index is 12.2. The molecule has 0 saturated heterocycles. The number of hydrogen-bond donors (Lipinski definition) is 2. The summed E-state index contributed by atoms with van der Waals surface area (Å²) in [5.41, 5.74) is 0.829. The molecule has 6 nitrogen and oxygen atoms in total. The van der Waals surface area contributed by atoms with Gasteiger partial charge in [-0.15, -0.1) is 0 Å². The average molecular weight is 413 g/mol. The number of carbonyl (C=O) groups excluding carboxylic acids is 1. The van der Waals surface area contributed by atoms with Crippen LogP contribution in [0.4, 0.5) is 5.69 Å². The first-order valence-electron chi connectivity index (χ1n) is 7.57. The van der Waals surface area contributed by atoms with Crippen LogP contribution in [0.1, 0.15) is 21.9 Å². The highest BCUT2D eigenvalue weighted by atomic mass is 79.9. The highest BCUT2D eigenvalue weighted by molar-refractivity contribution is 9.10. The van der Waals surface area contributed by atoms with Crippen LogP contribution >= 0.6 is 15.9 Å². The van der Waals surface area contributed by atoms with Crippen molar-refractivity contribution >= 4 is 27.5 Å². The topological polar surface area (TPSA) is 95.5 Å². The van der Waals surface area contributed by atoms with Crippen LogP contribution in [0, 0.1) is 11.3 Å². The lowest BCUT2D eigenvalue weighted by Crippen LogP contribution is -2.11. The number of nitrogens with zero attached hydrogens (tertiary/aromatic N) is 1. The molecule has 0 spiro atoms. The number of hydrogen-bond acceptors (Lipinski definition) is 5. The molecule has 1 amide bonds. The first kappa shape index (κ1) is 17.6. The SMILES string of the molecule is N#Cc1ccc(OCc2ccc(C(=O)Nc3ccc(Br)cc3O)o2)cc1. The Labute approximate surface area is 157 Å². The molecule has 3 aromatic rings. The molecule has 130 valence electrons. The number of anilines is 1. The van der Waals surface area contributed by atoms with E-state index >= 15 is 0 Å². The van der Waals surface area contributed by atoms with E-state index in [4.69, 9.17) is 14.4 Å². The molecule has 0 saturated carbocycles. The smallest absolute Gasteiger partial charge is 0.291 e. The summed E-state index contributed by atoms with van der Waals surface area (Å²) in [6, 6.07) is 16.6. The van der Waals surface area contributed by atoms with Gasteiger partial charge in [0.2, 0.25) is 0 Å². The summed E-state index contributed by atoms with van der Waals surface area (Å²) in [5.74, 6) is 0.632. The van der Waals surface area contributed by atoms with Crippen LogP contribution in [0.25, 0.3) is 0 Å². The number of nitrogens with one attached hydrogen (secondary N) is 1. The first-order valence-corrected chi connectivity index (χ1v) is 8.36. The van der Waals surface area contributed by atoms with E-state index in [2.05, 4.69) is 21.2 Å². The zero-order valence-corrected chi connectivity index (χ0v) is 15.0. The van der Waals surface area contributed by atoms with Crippen molar-refractivity contribution in [2.24, 2.45) is 0 Å². The molecule has 0 aliphatic rings. The molecule has 2 N–H and O–H groups in total. The van der Waals surface area contributed by atoms with E-state index in [0.717, 1.165) is 0 Å². The summed E-state index contributed by atoms with van der Waals surface area (Å²) in [6.07, 6.45) is 0. The van der Waals surface area contributed by atoms with Gasteiger partial charge in [0.1, 0.15) is 23.9 Å². The first-order chi connectivity index (χ1) is 12.5. The minimum Gasteiger partial charge on any atom is -0.506 e. The van der Waals surface area contributed by atoms with E-state index in [1.165, 1.54) is 12.1 Å². The van der Waals surface area contributed by atoms with Crippen molar-refractivity contribution in [3.63, 3.8) is 0 Å². The van der Waals surface area contributed by atoms with Gasteiger partial charge >= 0.3 is 0 Å². The number of aromatic hydroxyl groups is 1. The second kappa shape index (κ2) is 7.76. The predicted molar refractivity (Wildman–Crippen MR) is 98.0 cm³/mol. The van der Waals surface area contributed by atoms with Crippen molar-refractivity contribution in [2.45, 2.75) is 6.61 Å². The normalized spacial score (nSPS) is 10.2. The highest BCUT2D eigenvalue weighted by Crippen LogP contribution is 2.27. The summed E-state index contributed by atoms with van der Waals surface area (Å²) in [5, 5.41) is 21.2. The number of rotatable bonds is 5. The predicted octanol–water partition coefficient (Wildman–Crippen LogP) is 4.45. The standard InChI is InChI=1S/C19H13BrN2O4/c20-13-3-7-16(17(23)9-13)22-19(24)18-8-6-15(26-18)11-25-14-4-1-12(10-21)2-5-14/h1-9,23H,11H2,(H,22,24). The molecule has 0 atom stereocenters. The van der Waals surface area contributed by atoms with Crippen molar-refractivity contribution in [1.29, 1.82) is 5.26 Å². The summed E-state index contributed by atoms with van der Waals surface area (Å²) in [7, 11) is 0. The van der Waals surface area contributed by atoms with Crippen LogP contribution in [0.2, 0.25) is 0 Å². The molecule has 0 aliphatic carbocycles. The van der Waals surface area contributed by atoms with Gasteiger partial charge in [-0.25, -0.2) is 0 Å². The van der Waals surface area contributed by atoms with Crippen LogP contribution in [-0.4, -0.2) is 11.0 Å². The Hall–Kier alpha value is -3.24. The molecule has 0 aliphatic heterocycles. The second-order valence-electron chi connectivity index (χ2n) is 5.31. The molecule has 0 bridgehead atoms. The number of ether oxygens (including phenoxy) is 1. The summed E-state index contributed by atoms with van der Waals surface area (Å²) < 4.78 is 11.7. The van der Waals surface area contributed by atoms with Gasteiger partial charge in [0.05, 0.1) is 17.3 Å². The second-order valence-corrected chi connectivity index (χ2v) is 6.22. The number of phenols is 1. The minimum absolute atomic E-state index is 0.0522. The molecule has 0 unspecified atom stereocenters. The fourth-order valence-corrected chi connectivity index (χ4v) is 2.50. The van der Waals surface area contributed by atoms with Gasteiger partial charge in [0, 0.05) is 4.47 Å². The number of benzene rings is 2. The fraction of sp³-hybridized carbons (Fsp3) is 0.0526. The minimum atomic E-state index is -0.479. The molecular weight excluding hydrogens is 400 g/mol. The van der Waals surface area contributed by atoms with Crippen LogP contribution in [-0.2, 0) is 6.61 Å². The van der Waals surface area contributed by atoms with Crippen molar-refractivity contribution in [3.05, 3.63) is 76.2 Å². The zero-order valence-electron chi connectivity index (χ0n) is 13.4. The van der Waals surface area contributed by atoms with E-state index in [1.54, 1.807) is 42.5 Å². The lowest BCUT2D eigenvalue weighted by molar-refractivity contribution is 0.0992. The van der Waals surface area contributed by atoms with E-state index in [-0.39, 0.29) is 23.8 Å². The van der Waals surface area contributed by atoms with Crippen LogP contribution < -0.4 is 10.1 Å². The van der Waals surface area contributed by atoms with Gasteiger partial charge in [0.15, 0.2) is 5.76 Å². The Kier molecular flexibility index (Phi) is 5.25. The Balaban J connectivity index is 1.61. The van der Waals surface area contributed by atoms with Gasteiger partial charge in [-0.1, -0.05) is 15.9 Å². The number of amides is 1. The number of carbonyl (C=O) groups is 1. The molecule has 0 radical (unpaired) electrons. The third kappa shape index (κ3) is 4.23. The van der Waals surface area contributed by atoms with E-state index in [0.29, 0.717) is 21.5 Å². The van der Waals surface area contributed by atoms with Crippen LogP contribution in [0.3, 0.4) is 0 Å². The summed E-state index contributed by atoms with van der Waals surface area (Å²) in [4.78, 5) is 12.2. The molecule has 2 aromatic carbocycles. The summed E-state index contributed by atoms with van der Waals surface area (Å²) >= 11 is 3.23. The highest BCUT2D eigenvalue weighted by Gasteiger charge is 2.14. The van der Waals surface area contributed by atoms with Crippen molar-refractivity contribution in [1.82, 2.24) is 0 Å². The Morgan fingerprint density at radius 3 is 2.65 bits per heavy atom. The lowest BCUT2D eigenvalue weighted by Gasteiger charge is -2.06. The number of nitriles is 1. The molecule has 0 fully saturated rings. The molecule has 1 heterocycles. The van der Waals surface area contributed by atoms with E-state index in [1.807, 2.05) is 6.07 Å². The Bertz CT molecular complexity index is 974. The largest absolute Gasteiger partial charge is 0.506 e.